The molecule has 1 rings (SSSR count). The molecule has 1 atom stereocenters. The number of hydrogen-bond acceptors (Lipinski definition) is 3. The number of aromatic nitrogens is 2. The standard InChI is InChI=1S/C11H17N3O3/c1-7(2)4-9(11(16)17)13-10(15)8-5-12-14(3)6-8/h5-7,9H,4H2,1-3H3,(H,13,15)(H,16,17)/t9-/m1/s1. The highest BCUT2D eigenvalue weighted by atomic mass is 16.4. The van der Waals surface area contributed by atoms with Gasteiger partial charge in [-0.05, 0) is 12.3 Å². The van der Waals surface area contributed by atoms with E-state index in [0.29, 0.717) is 12.0 Å². The molecular formula is C11H17N3O3. The number of carbonyl (C=O) groups is 2. The van der Waals surface area contributed by atoms with Gasteiger partial charge in [0.1, 0.15) is 6.04 Å². The van der Waals surface area contributed by atoms with Crippen molar-refractivity contribution >= 4 is 11.9 Å². The number of aliphatic carboxylic acids is 1. The van der Waals surface area contributed by atoms with Gasteiger partial charge in [0.15, 0.2) is 0 Å². The maximum absolute atomic E-state index is 11.7. The second-order valence-electron chi connectivity index (χ2n) is 4.40. The zero-order chi connectivity index (χ0) is 13.0. The Labute approximate surface area is 99.6 Å². The Balaban J connectivity index is 2.67. The van der Waals surface area contributed by atoms with E-state index in [-0.39, 0.29) is 5.92 Å². The second kappa shape index (κ2) is 5.47. The van der Waals surface area contributed by atoms with Gasteiger partial charge in [-0.15, -0.1) is 0 Å². The Kier molecular flexibility index (Phi) is 4.25. The maximum atomic E-state index is 11.7. The molecule has 0 bridgehead atoms. The van der Waals surface area contributed by atoms with Crippen LogP contribution < -0.4 is 5.32 Å². The summed E-state index contributed by atoms with van der Waals surface area (Å²) < 4.78 is 1.49. The quantitative estimate of drug-likeness (QED) is 0.790. The highest BCUT2D eigenvalue weighted by Crippen LogP contribution is 2.06. The van der Waals surface area contributed by atoms with E-state index < -0.39 is 17.9 Å². The van der Waals surface area contributed by atoms with Gasteiger partial charge in [0, 0.05) is 13.2 Å². The zero-order valence-corrected chi connectivity index (χ0v) is 10.2. The van der Waals surface area contributed by atoms with Gasteiger partial charge in [-0.1, -0.05) is 13.8 Å². The van der Waals surface area contributed by atoms with Gasteiger partial charge in [-0.25, -0.2) is 4.79 Å². The molecule has 0 spiro atoms. The number of carboxylic acids is 1. The van der Waals surface area contributed by atoms with Crippen LogP contribution in [0.5, 0.6) is 0 Å². The van der Waals surface area contributed by atoms with Crippen LogP contribution in [0.2, 0.25) is 0 Å². The van der Waals surface area contributed by atoms with Gasteiger partial charge >= 0.3 is 5.97 Å². The third kappa shape index (κ3) is 3.90. The lowest BCUT2D eigenvalue weighted by Crippen LogP contribution is -2.41. The second-order valence-corrected chi connectivity index (χ2v) is 4.40. The highest BCUT2D eigenvalue weighted by Gasteiger charge is 2.22. The molecule has 1 heterocycles. The molecule has 0 saturated carbocycles. The maximum Gasteiger partial charge on any atom is 0.326 e. The molecule has 0 aliphatic rings. The minimum absolute atomic E-state index is 0.199. The van der Waals surface area contributed by atoms with Crippen LogP contribution in [-0.2, 0) is 11.8 Å². The average molecular weight is 239 g/mol. The fourth-order valence-electron chi connectivity index (χ4n) is 1.47. The van der Waals surface area contributed by atoms with Crippen molar-refractivity contribution in [3.8, 4) is 0 Å². The first-order chi connectivity index (χ1) is 7.90. The van der Waals surface area contributed by atoms with Crippen LogP contribution in [0.1, 0.15) is 30.6 Å². The van der Waals surface area contributed by atoms with Crippen LogP contribution in [0, 0.1) is 5.92 Å². The minimum Gasteiger partial charge on any atom is -0.480 e. The highest BCUT2D eigenvalue weighted by molar-refractivity contribution is 5.96. The summed E-state index contributed by atoms with van der Waals surface area (Å²) in [4.78, 5) is 22.7. The molecule has 0 radical (unpaired) electrons. The largest absolute Gasteiger partial charge is 0.480 e. The lowest BCUT2D eigenvalue weighted by Gasteiger charge is -2.15. The van der Waals surface area contributed by atoms with E-state index in [0.717, 1.165) is 0 Å². The van der Waals surface area contributed by atoms with Crippen molar-refractivity contribution in [1.29, 1.82) is 0 Å². The molecule has 6 heteroatoms. The van der Waals surface area contributed by atoms with Crippen molar-refractivity contribution < 1.29 is 14.7 Å². The van der Waals surface area contributed by atoms with Gasteiger partial charge < -0.3 is 10.4 Å². The topological polar surface area (TPSA) is 84.2 Å². The minimum atomic E-state index is -1.02. The smallest absolute Gasteiger partial charge is 0.326 e. The van der Waals surface area contributed by atoms with Crippen molar-refractivity contribution in [2.75, 3.05) is 0 Å². The molecule has 94 valence electrons. The van der Waals surface area contributed by atoms with Gasteiger partial charge in [0.05, 0.1) is 11.8 Å². The number of carbonyl (C=O) groups excluding carboxylic acids is 1. The van der Waals surface area contributed by atoms with Crippen LogP contribution in [0.15, 0.2) is 12.4 Å². The van der Waals surface area contributed by atoms with Gasteiger partial charge in [0.2, 0.25) is 0 Å². The molecule has 0 saturated heterocycles. The number of nitrogens with one attached hydrogen (secondary N) is 1. The van der Waals surface area contributed by atoms with E-state index in [1.54, 1.807) is 13.2 Å². The molecule has 0 unspecified atom stereocenters. The Morgan fingerprint density at radius 2 is 2.18 bits per heavy atom. The summed E-state index contributed by atoms with van der Waals surface area (Å²) in [7, 11) is 1.69. The van der Waals surface area contributed by atoms with Crippen LogP contribution >= 0.6 is 0 Å². The average Bonchev–Trinajstić information content (AvgIpc) is 2.63. The predicted octanol–water partition coefficient (Wildman–Crippen LogP) is 0.649. The molecule has 0 aliphatic carbocycles. The summed E-state index contributed by atoms with van der Waals surface area (Å²) in [6, 6.07) is -0.859. The summed E-state index contributed by atoms with van der Waals surface area (Å²) in [6.07, 6.45) is 3.36. The number of amides is 1. The predicted molar refractivity (Wildman–Crippen MR) is 61.6 cm³/mol. The Morgan fingerprint density at radius 1 is 1.53 bits per heavy atom. The Bertz CT molecular complexity index is 412. The Hall–Kier alpha value is -1.85. The number of nitrogens with zero attached hydrogens (tertiary/aromatic N) is 2. The van der Waals surface area contributed by atoms with Gasteiger partial charge in [-0.2, -0.15) is 5.10 Å². The van der Waals surface area contributed by atoms with Crippen molar-refractivity contribution in [3.05, 3.63) is 18.0 Å². The Morgan fingerprint density at radius 3 is 2.59 bits per heavy atom. The van der Waals surface area contributed by atoms with E-state index in [9.17, 15) is 9.59 Å². The molecule has 0 aromatic carbocycles. The van der Waals surface area contributed by atoms with E-state index >= 15 is 0 Å². The first-order valence-corrected chi connectivity index (χ1v) is 5.42. The molecule has 17 heavy (non-hydrogen) atoms. The van der Waals surface area contributed by atoms with Crippen LogP contribution in [0.25, 0.3) is 0 Å². The number of aryl methyl sites for hydroxylation is 1. The van der Waals surface area contributed by atoms with E-state index in [4.69, 9.17) is 5.11 Å². The molecule has 1 aromatic rings. The van der Waals surface area contributed by atoms with Crippen molar-refractivity contribution in [2.45, 2.75) is 26.3 Å². The zero-order valence-electron chi connectivity index (χ0n) is 10.2. The van der Waals surface area contributed by atoms with Gasteiger partial charge in [0.25, 0.3) is 5.91 Å². The number of rotatable bonds is 5. The fourth-order valence-corrected chi connectivity index (χ4v) is 1.47. The summed E-state index contributed by atoms with van der Waals surface area (Å²) in [5, 5.41) is 15.3. The fraction of sp³-hybridized carbons (Fsp3) is 0.545. The number of carboxylic acid groups (broad SMARTS) is 1. The third-order valence-corrected chi connectivity index (χ3v) is 2.28. The molecule has 1 amide bonds. The van der Waals surface area contributed by atoms with Crippen LogP contribution in [0.4, 0.5) is 0 Å². The normalized spacial score (nSPS) is 12.5. The molecule has 6 nitrogen and oxygen atoms in total. The summed E-state index contributed by atoms with van der Waals surface area (Å²) >= 11 is 0. The van der Waals surface area contributed by atoms with Crippen LogP contribution in [0.3, 0.4) is 0 Å². The summed E-state index contributed by atoms with van der Waals surface area (Å²) in [5.74, 6) is -1.23. The number of hydrogen-bond donors (Lipinski definition) is 2. The van der Waals surface area contributed by atoms with Crippen LogP contribution in [-0.4, -0.2) is 32.8 Å². The molecule has 1 aromatic heterocycles. The molecule has 0 fully saturated rings. The monoisotopic (exact) mass is 239 g/mol. The van der Waals surface area contributed by atoms with Crippen molar-refractivity contribution in [3.63, 3.8) is 0 Å². The molecule has 2 N–H and O–H groups in total. The van der Waals surface area contributed by atoms with E-state index in [1.165, 1.54) is 10.9 Å². The summed E-state index contributed by atoms with van der Waals surface area (Å²) in [5.41, 5.74) is 0.363. The first-order valence-electron chi connectivity index (χ1n) is 5.42. The van der Waals surface area contributed by atoms with E-state index in [1.807, 2.05) is 13.8 Å². The van der Waals surface area contributed by atoms with E-state index in [2.05, 4.69) is 10.4 Å². The van der Waals surface area contributed by atoms with Crippen molar-refractivity contribution in [1.82, 2.24) is 15.1 Å². The SMILES string of the molecule is CC(C)C[C@@H](NC(=O)c1cnn(C)c1)C(=O)O. The molecule has 0 aliphatic heterocycles. The lowest BCUT2D eigenvalue weighted by atomic mass is 10.0. The first kappa shape index (κ1) is 13.2. The lowest BCUT2D eigenvalue weighted by molar-refractivity contribution is -0.139. The molecular weight excluding hydrogens is 222 g/mol. The van der Waals surface area contributed by atoms with Gasteiger partial charge in [-0.3, -0.25) is 9.48 Å². The summed E-state index contributed by atoms with van der Waals surface area (Å²) in [6.45, 7) is 3.82. The van der Waals surface area contributed by atoms with Crippen molar-refractivity contribution in [2.24, 2.45) is 13.0 Å². The third-order valence-electron chi connectivity index (χ3n) is 2.28.